The van der Waals surface area contributed by atoms with E-state index in [4.69, 9.17) is 4.74 Å². The zero-order valence-corrected chi connectivity index (χ0v) is 16.0. The zero-order chi connectivity index (χ0) is 18.7. The molecule has 0 bridgehead atoms. The first kappa shape index (κ1) is 18.7. The average Bonchev–Trinajstić information content (AvgIpc) is 2.85. The molecule has 1 aliphatic carbocycles. The Morgan fingerprint density at radius 2 is 2.00 bits per heavy atom. The summed E-state index contributed by atoms with van der Waals surface area (Å²) in [4.78, 5) is 28.8. The molecule has 1 saturated carbocycles. The Labute approximate surface area is 155 Å². The van der Waals surface area contributed by atoms with Gasteiger partial charge in [0.15, 0.2) is 0 Å². The van der Waals surface area contributed by atoms with Gasteiger partial charge >= 0.3 is 6.03 Å². The molecule has 3 amide bonds. The van der Waals surface area contributed by atoms with Crippen molar-refractivity contribution in [1.82, 2.24) is 15.1 Å². The third-order valence-electron chi connectivity index (χ3n) is 5.57. The average molecular weight is 359 g/mol. The quantitative estimate of drug-likeness (QED) is 0.793. The van der Waals surface area contributed by atoms with Crippen molar-refractivity contribution in [2.24, 2.45) is 5.92 Å². The molecule has 1 spiro atoms. The van der Waals surface area contributed by atoms with Crippen LogP contribution in [0.5, 0.6) is 5.75 Å². The second-order valence-corrected chi connectivity index (χ2v) is 7.51. The lowest BCUT2D eigenvalue weighted by atomic mass is 9.73. The summed E-state index contributed by atoms with van der Waals surface area (Å²) < 4.78 is 5.46. The summed E-state index contributed by atoms with van der Waals surface area (Å²) in [5.74, 6) is 0.976. The first-order chi connectivity index (χ1) is 12.5. The monoisotopic (exact) mass is 359 g/mol. The van der Waals surface area contributed by atoms with Gasteiger partial charge in [-0.25, -0.2) is 9.69 Å². The molecule has 1 aliphatic heterocycles. The van der Waals surface area contributed by atoms with Crippen LogP contribution in [0.3, 0.4) is 0 Å². The molecule has 3 rings (SSSR count). The second-order valence-electron chi connectivity index (χ2n) is 7.51. The SMILES string of the molecule is CCOc1ccc(CN(C)CN2C(=O)NC3(CCCCC3C)C2=O)cc1. The second kappa shape index (κ2) is 7.66. The topological polar surface area (TPSA) is 61.9 Å². The molecule has 1 N–H and O–H groups in total. The van der Waals surface area contributed by atoms with Gasteiger partial charge < -0.3 is 10.1 Å². The maximum Gasteiger partial charge on any atom is 0.326 e. The predicted molar refractivity (Wildman–Crippen MR) is 99.7 cm³/mol. The van der Waals surface area contributed by atoms with Crippen LogP contribution in [0, 0.1) is 5.92 Å². The van der Waals surface area contributed by atoms with E-state index in [0.717, 1.165) is 37.0 Å². The van der Waals surface area contributed by atoms with Gasteiger partial charge in [0.1, 0.15) is 11.3 Å². The van der Waals surface area contributed by atoms with E-state index in [1.807, 2.05) is 43.1 Å². The molecule has 6 nitrogen and oxygen atoms in total. The summed E-state index contributed by atoms with van der Waals surface area (Å²) in [5.41, 5.74) is 0.429. The van der Waals surface area contributed by atoms with Crippen LogP contribution >= 0.6 is 0 Å². The van der Waals surface area contributed by atoms with Crippen LogP contribution in [0.1, 0.15) is 45.1 Å². The summed E-state index contributed by atoms with van der Waals surface area (Å²) in [6, 6.07) is 7.65. The van der Waals surface area contributed by atoms with Gasteiger partial charge in [-0.1, -0.05) is 31.9 Å². The predicted octanol–water partition coefficient (Wildman–Crippen LogP) is 2.98. The summed E-state index contributed by atoms with van der Waals surface area (Å²) in [5, 5.41) is 3.00. The lowest BCUT2D eigenvalue weighted by Crippen LogP contribution is -2.54. The Bertz CT molecular complexity index is 661. The first-order valence-electron chi connectivity index (χ1n) is 9.50. The van der Waals surface area contributed by atoms with Crippen molar-refractivity contribution < 1.29 is 14.3 Å². The zero-order valence-electron chi connectivity index (χ0n) is 16.0. The molecule has 2 atom stereocenters. The third-order valence-corrected chi connectivity index (χ3v) is 5.57. The molecule has 1 aromatic rings. The molecule has 142 valence electrons. The van der Waals surface area contributed by atoms with Crippen molar-refractivity contribution in [2.45, 2.75) is 51.6 Å². The number of amides is 3. The highest BCUT2D eigenvalue weighted by molar-refractivity contribution is 6.07. The fraction of sp³-hybridized carbons (Fsp3) is 0.600. The van der Waals surface area contributed by atoms with Gasteiger partial charge in [-0.3, -0.25) is 9.69 Å². The molecule has 1 aromatic carbocycles. The van der Waals surface area contributed by atoms with Crippen molar-refractivity contribution in [3.05, 3.63) is 29.8 Å². The normalized spacial score (nSPS) is 25.8. The van der Waals surface area contributed by atoms with E-state index in [1.165, 1.54) is 4.90 Å². The number of nitrogens with zero attached hydrogens (tertiary/aromatic N) is 2. The molecule has 2 aliphatic rings. The van der Waals surface area contributed by atoms with Crippen molar-refractivity contribution in [2.75, 3.05) is 20.3 Å². The molecule has 0 radical (unpaired) electrons. The standard InChI is InChI=1S/C20H29N3O3/c1-4-26-17-10-8-16(9-11-17)13-22(3)14-23-18(24)20(21-19(23)25)12-6-5-7-15(20)2/h8-11,15H,4-7,12-14H2,1-3H3,(H,21,25). The van der Waals surface area contributed by atoms with E-state index >= 15 is 0 Å². The lowest BCUT2D eigenvalue weighted by molar-refractivity contribution is -0.135. The number of carbonyl (C=O) groups excluding carboxylic acids is 2. The molecule has 1 heterocycles. The number of hydrogen-bond donors (Lipinski definition) is 1. The van der Waals surface area contributed by atoms with Crippen LogP contribution in [0.15, 0.2) is 24.3 Å². The summed E-state index contributed by atoms with van der Waals surface area (Å²) in [7, 11) is 1.92. The molecule has 0 aromatic heterocycles. The van der Waals surface area contributed by atoms with Gasteiger partial charge in [0.25, 0.3) is 5.91 Å². The highest BCUT2D eigenvalue weighted by Crippen LogP contribution is 2.38. The molecule has 26 heavy (non-hydrogen) atoms. The summed E-state index contributed by atoms with van der Waals surface area (Å²) in [6.07, 6.45) is 3.86. The fourth-order valence-electron chi connectivity index (χ4n) is 4.08. The van der Waals surface area contributed by atoms with Crippen molar-refractivity contribution in [3.8, 4) is 5.75 Å². The highest BCUT2D eigenvalue weighted by Gasteiger charge is 2.54. The van der Waals surface area contributed by atoms with Crippen molar-refractivity contribution >= 4 is 11.9 Å². The van der Waals surface area contributed by atoms with E-state index in [1.54, 1.807) is 0 Å². The molecule has 2 fully saturated rings. The van der Waals surface area contributed by atoms with Crippen LogP contribution in [-0.4, -0.2) is 47.6 Å². The number of rotatable bonds is 6. The Morgan fingerprint density at radius 3 is 2.65 bits per heavy atom. The maximum absolute atomic E-state index is 13.0. The van der Waals surface area contributed by atoms with Crippen LogP contribution in [-0.2, 0) is 11.3 Å². The molecule has 2 unspecified atom stereocenters. The van der Waals surface area contributed by atoms with Crippen LogP contribution in [0.4, 0.5) is 4.79 Å². The Morgan fingerprint density at radius 1 is 1.27 bits per heavy atom. The minimum atomic E-state index is -0.685. The maximum atomic E-state index is 13.0. The largest absolute Gasteiger partial charge is 0.494 e. The highest BCUT2D eigenvalue weighted by atomic mass is 16.5. The van der Waals surface area contributed by atoms with Crippen LogP contribution in [0.2, 0.25) is 0 Å². The summed E-state index contributed by atoms with van der Waals surface area (Å²) >= 11 is 0. The molecule has 6 heteroatoms. The van der Waals surface area contributed by atoms with Gasteiger partial charge in [-0.05, 0) is 50.4 Å². The van der Waals surface area contributed by atoms with Gasteiger partial charge in [0.05, 0.1) is 13.3 Å². The lowest BCUT2D eigenvalue weighted by Gasteiger charge is -2.37. The van der Waals surface area contributed by atoms with E-state index in [-0.39, 0.29) is 17.9 Å². The summed E-state index contributed by atoms with van der Waals surface area (Å²) in [6.45, 7) is 5.63. The van der Waals surface area contributed by atoms with Gasteiger partial charge in [-0.15, -0.1) is 0 Å². The van der Waals surface area contributed by atoms with E-state index in [0.29, 0.717) is 19.8 Å². The van der Waals surface area contributed by atoms with Crippen molar-refractivity contribution in [1.29, 1.82) is 0 Å². The Hall–Kier alpha value is -2.08. The van der Waals surface area contributed by atoms with Crippen LogP contribution in [0.25, 0.3) is 0 Å². The van der Waals surface area contributed by atoms with Gasteiger partial charge in [0.2, 0.25) is 0 Å². The third kappa shape index (κ3) is 3.56. The van der Waals surface area contributed by atoms with Crippen molar-refractivity contribution in [3.63, 3.8) is 0 Å². The van der Waals surface area contributed by atoms with Gasteiger partial charge in [-0.2, -0.15) is 0 Å². The Balaban J connectivity index is 1.62. The fourth-order valence-corrected chi connectivity index (χ4v) is 4.08. The number of carbonyl (C=O) groups is 2. The minimum Gasteiger partial charge on any atom is -0.494 e. The number of hydrogen-bond acceptors (Lipinski definition) is 4. The molecule has 1 saturated heterocycles. The van der Waals surface area contributed by atoms with E-state index < -0.39 is 5.54 Å². The number of benzene rings is 1. The van der Waals surface area contributed by atoms with Crippen LogP contribution < -0.4 is 10.1 Å². The number of nitrogens with one attached hydrogen (secondary N) is 1. The molecular formula is C20H29N3O3. The smallest absolute Gasteiger partial charge is 0.326 e. The molecular weight excluding hydrogens is 330 g/mol. The van der Waals surface area contributed by atoms with Gasteiger partial charge in [0, 0.05) is 6.54 Å². The Kier molecular flexibility index (Phi) is 5.51. The minimum absolute atomic E-state index is 0.0618. The number of ether oxygens (including phenoxy) is 1. The van der Waals surface area contributed by atoms with E-state index in [2.05, 4.69) is 12.2 Å². The first-order valence-corrected chi connectivity index (χ1v) is 9.50. The number of urea groups is 1. The van der Waals surface area contributed by atoms with E-state index in [9.17, 15) is 9.59 Å². The number of imide groups is 1.